The summed E-state index contributed by atoms with van der Waals surface area (Å²) in [6, 6.07) is 4.45. The van der Waals surface area contributed by atoms with Gasteiger partial charge in [0.25, 0.3) is 5.69 Å². The minimum atomic E-state index is -0.471. The molecular formula is C8H8N2O2S. The zero-order chi connectivity index (χ0) is 10.0. The highest BCUT2D eigenvalue weighted by Gasteiger charge is 2.09. The molecular weight excluding hydrogens is 188 g/mol. The van der Waals surface area contributed by atoms with E-state index in [9.17, 15) is 10.1 Å². The van der Waals surface area contributed by atoms with E-state index < -0.39 is 4.92 Å². The molecule has 2 N–H and O–H groups in total. The number of hydrogen-bond donors (Lipinski definition) is 1. The fourth-order valence-corrected chi connectivity index (χ4v) is 1.21. The van der Waals surface area contributed by atoms with Gasteiger partial charge in [0.1, 0.15) is 4.99 Å². The average molecular weight is 196 g/mol. The van der Waals surface area contributed by atoms with Gasteiger partial charge in [0.15, 0.2) is 0 Å². The Labute approximate surface area is 80.5 Å². The van der Waals surface area contributed by atoms with E-state index in [1.54, 1.807) is 13.0 Å². The minimum Gasteiger partial charge on any atom is -0.389 e. The molecule has 0 aliphatic rings. The van der Waals surface area contributed by atoms with Crippen LogP contribution in [0, 0.1) is 17.0 Å². The zero-order valence-electron chi connectivity index (χ0n) is 6.98. The highest BCUT2D eigenvalue weighted by molar-refractivity contribution is 7.80. The Balaban J connectivity index is 3.27. The van der Waals surface area contributed by atoms with E-state index in [2.05, 4.69) is 0 Å². The average Bonchev–Trinajstić information content (AvgIpc) is 2.04. The number of hydrogen-bond acceptors (Lipinski definition) is 3. The van der Waals surface area contributed by atoms with Gasteiger partial charge >= 0.3 is 0 Å². The molecule has 1 aromatic rings. The summed E-state index contributed by atoms with van der Waals surface area (Å²) in [7, 11) is 0. The van der Waals surface area contributed by atoms with Crippen LogP contribution in [0.4, 0.5) is 5.69 Å². The topological polar surface area (TPSA) is 69.2 Å². The third-order valence-corrected chi connectivity index (χ3v) is 1.92. The van der Waals surface area contributed by atoms with E-state index in [4.69, 9.17) is 18.0 Å². The van der Waals surface area contributed by atoms with Gasteiger partial charge in [-0.05, 0) is 12.5 Å². The van der Waals surface area contributed by atoms with Crippen molar-refractivity contribution in [1.29, 1.82) is 0 Å². The van der Waals surface area contributed by atoms with Crippen LogP contribution in [0.15, 0.2) is 18.2 Å². The van der Waals surface area contributed by atoms with Gasteiger partial charge in [-0.25, -0.2) is 0 Å². The predicted molar refractivity (Wildman–Crippen MR) is 53.7 cm³/mol. The van der Waals surface area contributed by atoms with Gasteiger partial charge < -0.3 is 5.73 Å². The van der Waals surface area contributed by atoms with E-state index in [1.165, 1.54) is 12.1 Å². The van der Waals surface area contributed by atoms with Crippen LogP contribution in [0.3, 0.4) is 0 Å². The van der Waals surface area contributed by atoms with E-state index in [1.807, 2.05) is 0 Å². The molecule has 0 unspecified atom stereocenters. The van der Waals surface area contributed by atoms with E-state index in [0.29, 0.717) is 5.56 Å². The Morgan fingerprint density at radius 1 is 1.62 bits per heavy atom. The fraction of sp³-hybridized carbons (Fsp3) is 0.125. The first-order valence-electron chi connectivity index (χ1n) is 3.57. The molecule has 0 spiro atoms. The number of nitro benzene ring substituents is 1. The summed E-state index contributed by atoms with van der Waals surface area (Å²) in [5.74, 6) is 0. The molecule has 0 fully saturated rings. The summed E-state index contributed by atoms with van der Waals surface area (Å²) in [5.41, 5.74) is 6.81. The molecule has 68 valence electrons. The molecule has 0 amide bonds. The van der Waals surface area contributed by atoms with Gasteiger partial charge in [-0.3, -0.25) is 10.1 Å². The van der Waals surface area contributed by atoms with Crippen LogP contribution in [-0.2, 0) is 0 Å². The molecule has 0 atom stereocenters. The van der Waals surface area contributed by atoms with Crippen LogP contribution < -0.4 is 5.73 Å². The smallest absolute Gasteiger partial charge is 0.270 e. The van der Waals surface area contributed by atoms with Gasteiger partial charge in [0, 0.05) is 17.7 Å². The summed E-state index contributed by atoms with van der Waals surface area (Å²) >= 11 is 4.75. The van der Waals surface area contributed by atoms with Crippen LogP contribution >= 0.6 is 12.2 Å². The van der Waals surface area contributed by atoms with Crippen molar-refractivity contribution in [3.05, 3.63) is 39.4 Å². The Morgan fingerprint density at radius 2 is 2.23 bits per heavy atom. The van der Waals surface area contributed by atoms with Crippen LogP contribution in [-0.4, -0.2) is 9.91 Å². The number of thiocarbonyl (C=S) groups is 1. The summed E-state index contributed by atoms with van der Waals surface area (Å²) in [6.07, 6.45) is 0. The summed E-state index contributed by atoms with van der Waals surface area (Å²) in [6.45, 7) is 1.80. The Morgan fingerprint density at radius 3 is 2.69 bits per heavy atom. The van der Waals surface area contributed by atoms with Gasteiger partial charge in [0.2, 0.25) is 0 Å². The van der Waals surface area contributed by atoms with Crippen molar-refractivity contribution in [2.24, 2.45) is 5.73 Å². The maximum atomic E-state index is 10.4. The molecule has 0 aromatic heterocycles. The van der Waals surface area contributed by atoms with Crippen LogP contribution in [0.2, 0.25) is 0 Å². The number of non-ortho nitro benzene ring substituents is 1. The highest BCUT2D eigenvalue weighted by Crippen LogP contribution is 2.16. The molecule has 13 heavy (non-hydrogen) atoms. The highest BCUT2D eigenvalue weighted by atomic mass is 32.1. The first-order valence-corrected chi connectivity index (χ1v) is 3.98. The molecule has 0 saturated heterocycles. The number of benzene rings is 1. The zero-order valence-corrected chi connectivity index (χ0v) is 7.80. The van der Waals surface area contributed by atoms with Crippen molar-refractivity contribution in [2.45, 2.75) is 6.92 Å². The number of rotatable bonds is 2. The molecule has 1 aromatic carbocycles. The third kappa shape index (κ3) is 2.00. The van der Waals surface area contributed by atoms with Crippen LogP contribution in [0.5, 0.6) is 0 Å². The van der Waals surface area contributed by atoms with Crippen LogP contribution in [0.25, 0.3) is 0 Å². The lowest BCUT2D eigenvalue weighted by molar-refractivity contribution is -0.384. The monoisotopic (exact) mass is 196 g/mol. The lowest BCUT2D eigenvalue weighted by Gasteiger charge is -2.02. The first kappa shape index (κ1) is 9.60. The van der Waals surface area contributed by atoms with Crippen molar-refractivity contribution < 1.29 is 4.92 Å². The van der Waals surface area contributed by atoms with Crippen molar-refractivity contribution in [1.82, 2.24) is 0 Å². The second-order valence-corrected chi connectivity index (χ2v) is 3.06. The number of nitrogens with two attached hydrogens (primary N) is 1. The van der Waals surface area contributed by atoms with Crippen molar-refractivity contribution in [3.8, 4) is 0 Å². The normalized spacial score (nSPS) is 9.62. The van der Waals surface area contributed by atoms with Crippen molar-refractivity contribution in [2.75, 3.05) is 0 Å². The van der Waals surface area contributed by atoms with Crippen molar-refractivity contribution >= 4 is 22.9 Å². The SMILES string of the molecule is Cc1ccc([N+](=O)[O-])cc1C(N)=S. The number of nitrogens with zero attached hydrogens (tertiary/aromatic N) is 1. The van der Waals surface area contributed by atoms with Gasteiger partial charge in [-0.1, -0.05) is 18.3 Å². The van der Waals surface area contributed by atoms with Gasteiger partial charge in [-0.15, -0.1) is 0 Å². The summed E-state index contributed by atoms with van der Waals surface area (Å²) in [5, 5.41) is 10.4. The standard InChI is InChI=1S/C8H8N2O2S/c1-5-2-3-6(10(11)12)4-7(5)8(9)13/h2-4H,1H3,(H2,9,13). The summed E-state index contributed by atoms with van der Waals surface area (Å²) in [4.78, 5) is 10.1. The molecule has 4 nitrogen and oxygen atoms in total. The third-order valence-electron chi connectivity index (χ3n) is 1.70. The minimum absolute atomic E-state index is 0.00778. The number of aryl methyl sites for hydroxylation is 1. The van der Waals surface area contributed by atoms with Crippen molar-refractivity contribution in [3.63, 3.8) is 0 Å². The molecule has 0 aliphatic heterocycles. The predicted octanol–water partition coefficient (Wildman–Crippen LogP) is 1.54. The molecule has 0 bridgehead atoms. The number of nitro groups is 1. The second-order valence-electron chi connectivity index (χ2n) is 2.62. The molecule has 5 heteroatoms. The maximum Gasteiger partial charge on any atom is 0.270 e. The molecule has 0 radical (unpaired) electrons. The second kappa shape index (κ2) is 3.49. The first-order chi connectivity index (χ1) is 6.02. The maximum absolute atomic E-state index is 10.4. The largest absolute Gasteiger partial charge is 0.389 e. The fourth-order valence-electron chi connectivity index (χ4n) is 0.989. The van der Waals surface area contributed by atoms with Gasteiger partial charge in [0.05, 0.1) is 4.92 Å². The molecule has 0 heterocycles. The van der Waals surface area contributed by atoms with Gasteiger partial charge in [-0.2, -0.15) is 0 Å². The Bertz CT molecular complexity index is 376. The quantitative estimate of drug-likeness (QED) is 0.442. The van der Waals surface area contributed by atoms with E-state index in [0.717, 1.165) is 5.56 Å². The lowest BCUT2D eigenvalue weighted by atomic mass is 10.1. The van der Waals surface area contributed by atoms with Crippen LogP contribution in [0.1, 0.15) is 11.1 Å². The molecule has 1 rings (SSSR count). The van der Waals surface area contributed by atoms with E-state index in [-0.39, 0.29) is 10.7 Å². The molecule has 0 saturated carbocycles. The summed E-state index contributed by atoms with van der Waals surface area (Å²) < 4.78 is 0. The molecule has 0 aliphatic carbocycles. The Kier molecular flexibility index (Phi) is 2.57. The Hall–Kier alpha value is -1.49. The van der Waals surface area contributed by atoms with E-state index >= 15 is 0 Å². The lowest BCUT2D eigenvalue weighted by Crippen LogP contribution is -2.11.